The molecule has 0 saturated heterocycles. The molecule has 0 bridgehead atoms. The van der Waals surface area contributed by atoms with E-state index in [1.54, 1.807) is 0 Å². The van der Waals surface area contributed by atoms with Gasteiger partial charge in [0.2, 0.25) is 6.71 Å². The second-order valence-corrected chi connectivity index (χ2v) is 7.13. The maximum absolute atomic E-state index is 6.51. The number of hydrogen-bond acceptors (Lipinski definition) is 0. The highest BCUT2D eigenvalue weighted by atomic mass is 35.5. The van der Waals surface area contributed by atoms with Crippen LogP contribution in [0.25, 0.3) is 0 Å². The first kappa shape index (κ1) is 18.0. The summed E-state index contributed by atoms with van der Waals surface area (Å²) in [6.45, 7) is -0.209. The highest BCUT2D eigenvalue weighted by molar-refractivity contribution is 6.98. The Hall–Kier alpha value is -0.825. The molecule has 120 valence electrons. The summed E-state index contributed by atoms with van der Waals surface area (Å²) in [5, 5.41) is 1.21. The fraction of sp³-hybridized carbons (Fsp3) is 0. The van der Waals surface area contributed by atoms with Gasteiger partial charge in [0.1, 0.15) is 0 Å². The van der Waals surface area contributed by atoms with Crippen molar-refractivity contribution in [3.05, 3.63) is 85.8 Å². The topological polar surface area (TPSA) is 0 Å². The first-order chi connectivity index (χ1) is 11.5. The Morgan fingerprint density at radius 2 is 0.792 bits per heavy atom. The van der Waals surface area contributed by atoms with Crippen molar-refractivity contribution in [2.24, 2.45) is 0 Å². The van der Waals surface area contributed by atoms with E-state index in [2.05, 4.69) is 0 Å². The lowest BCUT2D eigenvalue weighted by atomic mass is 9.37. The van der Waals surface area contributed by atoms with E-state index < -0.39 is 0 Å². The molecule has 0 aromatic heterocycles. The molecular formula is C18H10BCl5. The monoisotopic (exact) mass is 412 g/mol. The Balaban J connectivity index is 2.33. The fourth-order valence-corrected chi connectivity index (χ4v) is 4.06. The summed E-state index contributed by atoms with van der Waals surface area (Å²) in [6, 6.07) is 19.8. The molecule has 0 saturated carbocycles. The molecule has 0 unspecified atom stereocenters. The molecule has 3 aromatic rings. The molecule has 0 radical (unpaired) electrons. The minimum Gasteiger partial charge on any atom is -0.0832 e. The maximum atomic E-state index is 6.51. The van der Waals surface area contributed by atoms with Crippen molar-refractivity contribution < 1.29 is 0 Å². The molecule has 0 fully saturated rings. The van der Waals surface area contributed by atoms with Crippen LogP contribution >= 0.6 is 58.0 Å². The zero-order valence-corrected chi connectivity index (χ0v) is 16.0. The van der Waals surface area contributed by atoms with Crippen LogP contribution in [0.3, 0.4) is 0 Å². The van der Waals surface area contributed by atoms with Crippen LogP contribution in [0, 0.1) is 0 Å². The van der Waals surface area contributed by atoms with Gasteiger partial charge in [0.05, 0.1) is 25.1 Å². The van der Waals surface area contributed by atoms with Crippen molar-refractivity contribution in [1.29, 1.82) is 0 Å². The summed E-state index contributed by atoms with van der Waals surface area (Å²) < 4.78 is 0. The van der Waals surface area contributed by atoms with Gasteiger partial charge >= 0.3 is 0 Å². The highest BCUT2D eigenvalue weighted by Crippen LogP contribution is 2.39. The molecular weight excluding hydrogens is 404 g/mol. The molecule has 3 rings (SSSR count). The smallest absolute Gasteiger partial charge is 0.0832 e. The van der Waals surface area contributed by atoms with E-state index >= 15 is 0 Å². The SMILES string of the molecule is Clc1c(Cl)c(Cl)c(B(c2ccccc2)c2ccccc2)c(Cl)c1Cl. The van der Waals surface area contributed by atoms with Crippen molar-refractivity contribution in [3.63, 3.8) is 0 Å². The molecule has 0 atom stereocenters. The van der Waals surface area contributed by atoms with Gasteiger partial charge in [-0.05, 0) is 5.46 Å². The second-order valence-electron chi connectivity index (χ2n) is 5.24. The van der Waals surface area contributed by atoms with E-state index in [4.69, 9.17) is 58.0 Å². The van der Waals surface area contributed by atoms with Crippen LogP contribution in [-0.4, -0.2) is 6.71 Å². The van der Waals surface area contributed by atoms with Crippen LogP contribution in [0.1, 0.15) is 0 Å². The van der Waals surface area contributed by atoms with Gasteiger partial charge in [0.15, 0.2) is 0 Å². The lowest BCUT2D eigenvalue weighted by Gasteiger charge is -2.20. The summed E-state index contributed by atoms with van der Waals surface area (Å²) in [7, 11) is 0. The molecule has 0 nitrogen and oxygen atoms in total. The van der Waals surface area contributed by atoms with E-state index in [1.165, 1.54) is 0 Å². The molecule has 3 aromatic carbocycles. The molecule has 0 aliphatic rings. The molecule has 24 heavy (non-hydrogen) atoms. The average molecular weight is 414 g/mol. The third kappa shape index (κ3) is 3.29. The van der Waals surface area contributed by atoms with E-state index in [1.807, 2.05) is 60.7 Å². The first-order valence-corrected chi connectivity index (χ1v) is 9.02. The molecule has 0 spiro atoms. The Morgan fingerprint density at radius 3 is 1.17 bits per heavy atom. The lowest BCUT2D eigenvalue weighted by Crippen LogP contribution is -2.53. The molecule has 0 amide bonds. The largest absolute Gasteiger partial charge is 0.245 e. The van der Waals surface area contributed by atoms with Crippen molar-refractivity contribution in [3.8, 4) is 0 Å². The van der Waals surface area contributed by atoms with Crippen molar-refractivity contribution in [2.75, 3.05) is 0 Å². The molecule has 0 heterocycles. The van der Waals surface area contributed by atoms with E-state index in [0.29, 0.717) is 15.5 Å². The van der Waals surface area contributed by atoms with Gasteiger partial charge in [-0.15, -0.1) is 0 Å². The number of rotatable bonds is 3. The van der Waals surface area contributed by atoms with Crippen LogP contribution in [-0.2, 0) is 0 Å². The highest BCUT2D eigenvalue weighted by Gasteiger charge is 2.30. The average Bonchev–Trinajstić information content (AvgIpc) is 2.63. The van der Waals surface area contributed by atoms with Gasteiger partial charge in [-0.3, -0.25) is 0 Å². The van der Waals surface area contributed by atoms with Crippen LogP contribution < -0.4 is 16.4 Å². The van der Waals surface area contributed by atoms with Crippen molar-refractivity contribution >= 4 is 81.1 Å². The van der Waals surface area contributed by atoms with Gasteiger partial charge in [-0.1, -0.05) is 130 Å². The Morgan fingerprint density at radius 1 is 0.458 bits per heavy atom. The number of halogens is 5. The quantitative estimate of drug-likeness (QED) is 0.303. The normalized spacial score (nSPS) is 10.7. The minimum atomic E-state index is -0.209. The van der Waals surface area contributed by atoms with Crippen LogP contribution in [0.2, 0.25) is 25.1 Å². The first-order valence-electron chi connectivity index (χ1n) is 7.13. The predicted molar refractivity (Wildman–Crippen MR) is 109 cm³/mol. The Bertz CT molecular complexity index is 797. The fourth-order valence-electron chi connectivity index (χ4n) is 2.69. The summed E-state index contributed by atoms with van der Waals surface area (Å²) >= 11 is 31.7. The van der Waals surface area contributed by atoms with Crippen LogP contribution in [0.5, 0.6) is 0 Å². The Labute approximate surface area is 166 Å². The summed E-state index contributed by atoms with van der Waals surface area (Å²) in [6.07, 6.45) is 0. The second kappa shape index (κ2) is 7.60. The minimum absolute atomic E-state index is 0.164. The summed E-state index contributed by atoms with van der Waals surface area (Å²) in [5.41, 5.74) is 2.71. The zero-order valence-electron chi connectivity index (χ0n) is 12.2. The Kier molecular flexibility index (Phi) is 5.69. The lowest BCUT2D eigenvalue weighted by molar-refractivity contribution is 1.70. The third-order valence-electron chi connectivity index (χ3n) is 3.80. The summed E-state index contributed by atoms with van der Waals surface area (Å²) in [5.74, 6) is 0. The van der Waals surface area contributed by atoms with Gasteiger partial charge in [0, 0.05) is 0 Å². The van der Waals surface area contributed by atoms with Gasteiger partial charge < -0.3 is 0 Å². The molecule has 0 aliphatic carbocycles. The molecule has 6 heteroatoms. The van der Waals surface area contributed by atoms with Gasteiger partial charge in [0.25, 0.3) is 0 Å². The number of benzene rings is 3. The van der Waals surface area contributed by atoms with Crippen molar-refractivity contribution in [2.45, 2.75) is 0 Å². The van der Waals surface area contributed by atoms with Crippen LogP contribution in [0.15, 0.2) is 60.7 Å². The predicted octanol–water partition coefficient (Wildman–Crippen LogP) is 5.47. The zero-order chi connectivity index (χ0) is 17.3. The third-order valence-corrected chi connectivity index (χ3v) is 6.10. The standard InChI is InChI=1S/C18H10BCl5/c20-14-13(15(21)17(23)18(24)16(14)22)19(11-7-3-1-4-8-11)12-9-5-2-6-10-12/h1-10H. The van der Waals surface area contributed by atoms with E-state index in [9.17, 15) is 0 Å². The maximum Gasteiger partial charge on any atom is 0.245 e. The van der Waals surface area contributed by atoms with Crippen molar-refractivity contribution in [1.82, 2.24) is 0 Å². The molecule has 0 N–H and O–H groups in total. The van der Waals surface area contributed by atoms with E-state index in [-0.39, 0.29) is 21.8 Å². The summed E-state index contributed by atoms with van der Waals surface area (Å²) in [4.78, 5) is 0. The molecule has 0 aliphatic heterocycles. The van der Waals surface area contributed by atoms with E-state index in [0.717, 1.165) is 10.9 Å². The van der Waals surface area contributed by atoms with Gasteiger partial charge in [-0.25, -0.2) is 0 Å². The van der Waals surface area contributed by atoms with Gasteiger partial charge in [-0.2, -0.15) is 0 Å². The number of hydrogen-bond donors (Lipinski definition) is 0. The van der Waals surface area contributed by atoms with Crippen LogP contribution in [0.4, 0.5) is 0 Å².